The van der Waals surface area contributed by atoms with Crippen LogP contribution >= 0.6 is 0 Å². The summed E-state index contributed by atoms with van der Waals surface area (Å²) in [6.45, 7) is 8.38. The van der Waals surface area contributed by atoms with Crippen LogP contribution in [0.1, 0.15) is 98.8 Å². The van der Waals surface area contributed by atoms with E-state index in [9.17, 15) is 66.4 Å². The Hall–Kier alpha value is -0.920. The van der Waals surface area contributed by atoms with Gasteiger partial charge in [0.2, 0.25) is 0 Å². The van der Waals surface area contributed by atoms with Crippen LogP contribution in [0, 0.1) is 46.3 Å². The smallest absolute Gasteiger partial charge is 0.187 e. The largest absolute Gasteiger partial charge is 0.394 e. The minimum absolute atomic E-state index is 0.0156. The van der Waals surface area contributed by atoms with Crippen molar-refractivity contribution < 1.29 is 114 Å². The maximum Gasteiger partial charge on any atom is 0.187 e. The van der Waals surface area contributed by atoms with E-state index >= 15 is 0 Å². The van der Waals surface area contributed by atoms with Crippen LogP contribution in [-0.2, 0) is 47.4 Å². The molecule has 9 fully saturated rings. The van der Waals surface area contributed by atoms with E-state index in [4.69, 9.17) is 47.4 Å². The van der Waals surface area contributed by atoms with Crippen LogP contribution < -0.4 is 0 Å². The zero-order chi connectivity index (χ0) is 53.5. The predicted octanol–water partition coefficient (Wildman–Crippen LogP) is -2.52. The maximum absolute atomic E-state index is 11.6. The molecule has 5 heterocycles. The van der Waals surface area contributed by atoms with Gasteiger partial charge < -0.3 is 114 Å². The predicted molar refractivity (Wildman–Crippen MR) is 250 cm³/mol. The van der Waals surface area contributed by atoms with Gasteiger partial charge >= 0.3 is 0 Å². The van der Waals surface area contributed by atoms with Crippen LogP contribution in [0.15, 0.2) is 0 Å². The molecular formula is C51H86O23. The fourth-order valence-electron chi connectivity index (χ4n) is 15.8. The van der Waals surface area contributed by atoms with E-state index in [1.807, 2.05) is 6.92 Å². The van der Waals surface area contributed by atoms with Crippen LogP contribution in [0.3, 0.4) is 0 Å². The van der Waals surface area contributed by atoms with Crippen LogP contribution in [0.25, 0.3) is 0 Å². The third-order valence-electron chi connectivity index (χ3n) is 20.1. The Kier molecular flexibility index (Phi) is 17.6. The molecule has 32 atom stereocenters. The average molecular weight is 1070 g/mol. The van der Waals surface area contributed by atoms with E-state index in [0.717, 1.165) is 38.5 Å². The summed E-state index contributed by atoms with van der Waals surface area (Å²) >= 11 is 0. The SMILES string of the molecule is COC1(CCC(C)O[C@@H]2O[C@H](CO)[C@@H](O)[C@H](O)[C@H]2O)OC2CC3C4CCC5CC(O[C@@H]6O[C@H](CO)[C@@H](O[C@@H]7O[C@H](CO)[C@@H](O)[C@@H](O)[C@H]7O[C@@H]7O[C@H](C)[C@@H](O)[C@@H](O)[C@H]7O)[C@@H](O)[C@H]6O)CCC5(C)C4CCC3(C)C2C1C. The topological polar surface area (TPSA) is 355 Å². The van der Waals surface area contributed by atoms with Crippen molar-refractivity contribution in [1.82, 2.24) is 0 Å². The van der Waals surface area contributed by atoms with Crippen molar-refractivity contribution in [1.29, 1.82) is 0 Å². The Morgan fingerprint density at radius 3 is 1.80 bits per heavy atom. The molecule has 0 amide bonds. The monoisotopic (exact) mass is 1070 g/mol. The Labute approximate surface area is 431 Å². The summed E-state index contributed by atoms with van der Waals surface area (Å²) in [5.74, 6) is 1.30. The van der Waals surface area contributed by atoms with Crippen LogP contribution in [0.5, 0.6) is 0 Å². The molecule has 0 aromatic carbocycles. The van der Waals surface area contributed by atoms with Gasteiger partial charge in [0.1, 0.15) is 91.6 Å². The molecule has 5 saturated heterocycles. The lowest BCUT2D eigenvalue weighted by Crippen LogP contribution is -2.67. The zero-order valence-corrected chi connectivity index (χ0v) is 43.3. The minimum atomic E-state index is -1.83. The molecule has 13 N–H and O–H groups in total. The molecule has 0 aromatic heterocycles. The molecule has 74 heavy (non-hydrogen) atoms. The number of fused-ring (bicyclic) bond motifs is 7. The summed E-state index contributed by atoms with van der Waals surface area (Å²) in [5.41, 5.74) is 0.0723. The molecule has 23 nitrogen and oxygen atoms in total. The highest BCUT2D eigenvalue weighted by Crippen LogP contribution is 2.71. The number of ether oxygens (including phenoxy) is 10. The molecular weight excluding hydrogens is 981 g/mol. The van der Waals surface area contributed by atoms with E-state index in [1.54, 1.807) is 7.11 Å². The zero-order valence-electron chi connectivity index (χ0n) is 43.3. The number of hydrogen-bond acceptors (Lipinski definition) is 23. The van der Waals surface area contributed by atoms with Crippen molar-refractivity contribution in [2.75, 3.05) is 26.9 Å². The summed E-state index contributed by atoms with van der Waals surface area (Å²) in [6.07, 6.45) is -22.6. The standard InChI is InChI=1S/C51H86O23/c1-20(66-45-41(63)37(59)34(56)29(17-52)69-45)9-14-51(65-6)21(2)32-28(74-51)16-27-25-8-7-23-15-24(10-12-49(23,4)26(25)11-13-50(27,32)5)68-47-42(64)39(61)43(31(19-54)71-47)72-48-44(38(60)35(57)30(18-53)70-48)73-46-40(62)36(58)33(55)22(3)67-46/h20-48,52-64H,7-19H2,1-6H3/t20?,21?,22-,23?,24?,25?,26?,27?,28?,29-,30-,31-,32?,33-,34-,35-,36-,37+,38-,39+,40-,41-,42-,43-,44-,45-,46+,47-,48+,49?,50?,51?/m1/s1. The molecule has 0 radical (unpaired) electrons. The van der Waals surface area contributed by atoms with Crippen molar-refractivity contribution in [3.05, 3.63) is 0 Å². The lowest BCUT2D eigenvalue weighted by atomic mass is 9.44. The van der Waals surface area contributed by atoms with Crippen LogP contribution in [0.2, 0.25) is 0 Å². The van der Waals surface area contributed by atoms with Crippen molar-refractivity contribution in [3.63, 3.8) is 0 Å². The lowest BCUT2D eigenvalue weighted by molar-refractivity contribution is -0.389. The van der Waals surface area contributed by atoms with Gasteiger partial charge in [0, 0.05) is 19.4 Å². The summed E-state index contributed by atoms with van der Waals surface area (Å²) in [4.78, 5) is 0. The van der Waals surface area contributed by atoms with Gasteiger partial charge in [-0.1, -0.05) is 20.8 Å². The second-order valence-electron chi connectivity index (χ2n) is 23.9. The highest BCUT2D eigenvalue weighted by molar-refractivity contribution is 5.15. The highest BCUT2D eigenvalue weighted by atomic mass is 16.8. The maximum atomic E-state index is 11.6. The third-order valence-corrected chi connectivity index (χ3v) is 20.1. The molecule has 4 aliphatic carbocycles. The fourth-order valence-corrected chi connectivity index (χ4v) is 15.8. The van der Waals surface area contributed by atoms with Gasteiger partial charge in [-0.05, 0) is 112 Å². The first kappa shape index (κ1) is 57.8. The van der Waals surface area contributed by atoms with Gasteiger partial charge in [0.25, 0.3) is 0 Å². The van der Waals surface area contributed by atoms with Gasteiger partial charge in [-0.3, -0.25) is 0 Å². The minimum Gasteiger partial charge on any atom is -0.394 e. The normalized spacial score (nSPS) is 56.0. The first-order valence-electron chi connectivity index (χ1n) is 27.2. The molecule has 0 aromatic rings. The molecule has 0 spiro atoms. The quantitative estimate of drug-likeness (QED) is 0.0753. The number of aliphatic hydroxyl groups is 13. The summed E-state index contributed by atoms with van der Waals surface area (Å²) in [6, 6.07) is 0. The Bertz CT molecular complexity index is 1850. The Morgan fingerprint density at radius 2 is 1.12 bits per heavy atom. The van der Waals surface area contributed by atoms with Crippen molar-refractivity contribution in [2.24, 2.45) is 46.3 Å². The lowest BCUT2D eigenvalue weighted by Gasteiger charge is -2.61. The summed E-state index contributed by atoms with van der Waals surface area (Å²) in [7, 11) is 1.69. The van der Waals surface area contributed by atoms with Crippen LogP contribution in [-0.4, -0.2) is 240 Å². The van der Waals surface area contributed by atoms with Gasteiger partial charge in [0.15, 0.2) is 30.9 Å². The molecule has 5 aliphatic heterocycles. The van der Waals surface area contributed by atoms with Crippen molar-refractivity contribution >= 4 is 0 Å². The first-order valence-corrected chi connectivity index (χ1v) is 27.2. The number of rotatable bonds is 15. The van der Waals surface area contributed by atoms with Gasteiger partial charge in [0.05, 0.1) is 44.2 Å². The molecule has 23 heteroatoms. The van der Waals surface area contributed by atoms with Crippen LogP contribution in [0.4, 0.5) is 0 Å². The summed E-state index contributed by atoms with van der Waals surface area (Å²) < 4.78 is 60.7. The van der Waals surface area contributed by atoms with E-state index in [-0.39, 0.29) is 34.9 Å². The third kappa shape index (κ3) is 10.1. The van der Waals surface area contributed by atoms with Gasteiger partial charge in [-0.2, -0.15) is 0 Å². The molecule has 12 unspecified atom stereocenters. The van der Waals surface area contributed by atoms with Gasteiger partial charge in [-0.25, -0.2) is 0 Å². The van der Waals surface area contributed by atoms with Crippen molar-refractivity contribution in [3.8, 4) is 0 Å². The molecule has 9 aliphatic rings. The molecule has 428 valence electrons. The van der Waals surface area contributed by atoms with Crippen molar-refractivity contribution in [2.45, 2.75) is 246 Å². The number of hydrogen-bond donors (Lipinski definition) is 13. The first-order chi connectivity index (χ1) is 35.1. The fraction of sp³-hybridized carbons (Fsp3) is 1.00. The van der Waals surface area contributed by atoms with E-state index in [1.165, 1.54) is 6.92 Å². The number of aliphatic hydroxyl groups excluding tert-OH is 13. The average Bonchev–Trinajstić information content (AvgIpc) is 3.85. The molecule has 4 saturated carbocycles. The second kappa shape index (κ2) is 22.6. The Balaban J connectivity index is 0.800. The number of methoxy groups -OCH3 is 1. The highest BCUT2D eigenvalue weighted by Gasteiger charge is 2.69. The van der Waals surface area contributed by atoms with E-state index in [2.05, 4.69) is 20.8 Å². The molecule has 0 bridgehead atoms. The summed E-state index contributed by atoms with van der Waals surface area (Å²) in [5, 5.41) is 137. The second-order valence-corrected chi connectivity index (χ2v) is 23.9. The Morgan fingerprint density at radius 1 is 0.554 bits per heavy atom. The van der Waals surface area contributed by atoms with Gasteiger partial charge in [-0.15, -0.1) is 0 Å². The molecule has 9 rings (SSSR count). The van der Waals surface area contributed by atoms with E-state index in [0.29, 0.717) is 49.4 Å². The van der Waals surface area contributed by atoms with E-state index < -0.39 is 155 Å².